The van der Waals surface area contributed by atoms with Crippen LogP contribution in [0.2, 0.25) is 25.7 Å². The molecule has 0 bridgehead atoms. The number of ether oxygens (including phenoxy) is 2. The molecule has 0 N–H and O–H groups in total. The lowest BCUT2D eigenvalue weighted by Crippen LogP contribution is -2.22. The van der Waals surface area contributed by atoms with E-state index in [2.05, 4.69) is 19.6 Å². The van der Waals surface area contributed by atoms with E-state index in [9.17, 15) is 4.79 Å². The Balaban J connectivity index is 2.23. The van der Waals surface area contributed by atoms with Gasteiger partial charge < -0.3 is 14.0 Å². The van der Waals surface area contributed by atoms with Crippen LogP contribution in [0.25, 0.3) is 10.9 Å². The van der Waals surface area contributed by atoms with Crippen molar-refractivity contribution in [3.8, 4) is 0 Å². The van der Waals surface area contributed by atoms with E-state index in [4.69, 9.17) is 17.3 Å². The summed E-state index contributed by atoms with van der Waals surface area (Å²) in [4.78, 5) is 11.9. The molecule has 0 fully saturated rings. The van der Waals surface area contributed by atoms with Crippen LogP contribution in [0, 0.1) is 0 Å². The lowest BCUT2D eigenvalue weighted by Gasteiger charge is -2.16. The highest BCUT2D eigenvalue weighted by atomic mass is 28.3. The first-order valence-corrected chi connectivity index (χ1v) is 11.1. The van der Waals surface area contributed by atoms with Gasteiger partial charge in [0.05, 0.1) is 18.2 Å². The second-order valence-electron chi connectivity index (χ2n) is 6.59. The van der Waals surface area contributed by atoms with Gasteiger partial charge in [-0.15, -0.1) is 0 Å². The zero-order valence-electron chi connectivity index (χ0n) is 13.7. The number of hydrogen-bond acceptors (Lipinski definition) is 3. The predicted octanol–water partition coefficient (Wildman–Crippen LogP) is 2.53. The van der Waals surface area contributed by atoms with Crippen molar-refractivity contribution in [2.75, 3.05) is 13.7 Å². The highest BCUT2D eigenvalue weighted by Gasteiger charge is 2.16. The van der Waals surface area contributed by atoms with Gasteiger partial charge in [0.1, 0.15) is 14.6 Å². The Hall–Kier alpha value is -1.53. The van der Waals surface area contributed by atoms with Crippen LogP contribution in [0.3, 0.4) is 0 Å². The molecule has 0 saturated carbocycles. The Kier molecular flexibility index (Phi) is 5.13. The number of carbonyl (C=O) groups is 1. The first-order valence-electron chi connectivity index (χ1n) is 7.37. The lowest BCUT2D eigenvalue weighted by molar-refractivity contribution is 0.0601. The molecule has 0 atom stereocenters. The molecular weight excluding hydrogens is 293 g/mol. The summed E-state index contributed by atoms with van der Waals surface area (Å²) in [6, 6.07) is 6.43. The summed E-state index contributed by atoms with van der Waals surface area (Å²) >= 11 is 0. The fourth-order valence-corrected chi connectivity index (χ4v) is 3.03. The molecule has 0 spiro atoms. The summed E-state index contributed by atoms with van der Waals surface area (Å²) in [5.74, 6) is -0.368. The molecule has 1 aromatic heterocycles. The van der Waals surface area contributed by atoms with Crippen LogP contribution in [0.4, 0.5) is 0 Å². The summed E-state index contributed by atoms with van der Waals surface area (Å²) in [5, 5.41) is 0.844. The topological polar surface area (TPSA) is 40.5 Å². The van der Waals surface area contributed by atoms with Gasteiger partial charge in [0.2, 0.25) is 0 Å². The number of benzene rings is 1. The van der Waals surface area contributed by atoms with E-state index >= 15 is 0 Å². The minimum absolute atomic E-state index is 0.368. The van der Waals surface area contributed by atoms with Gasteiger partial charge in [0.25, 0.3) is 0 Å². The molecule has 0 aliphatic heterocycles. The van der Waals surface area contributed by atoms with Crippen LogP contribution >= 0.6 is 0 Å². The number of methoxy groups -OCH3 is 1. The van der Waals surface area contributed by atoms with Crippen LogP contribution in [0.15, 0.2) is 24.4 Å². The molecule has 1 heterocycles. The van der Waals surface area contributed by atoms with E-state index in [1.807, 2.05) is 16.8 Å². The summed E-state index contributed by atoms with van der Waals surface area (Å²) in [7, 11) is 6.26. The number of aromatic nitrogens is 1. The van der Waals surface area contributed by atoms with Gasteiger partial charge >= 0.3 is 5.97 Å². The molecule has 1 aromatic carbocycles. The van der Waals surface area contributed by atoms with E-state index in [-0.39, 0.29) is 5.97 Å². The monoisotopic (exact) mass is 315 g/mol. The van der Waals surface area contributed by atoms with Crippen molar-refractivity contribution in [1.29, 1.82) is 0 Å². The molecule has 6 heteroatoms. The van der Waals surface area contributed by atoms with Gasteiger partial charge in [-0.2, -0.15) is 0 Å². The normalized spacial score (nSPS) is 11.8. The quantitative estimate of drug-likeness (QED) is 0.467. The highest BCUT2D eigenvalue weighted by Crippen LogP contribution is 2.20. The van der Waals surface area contributed by atoms with Crippen molar-refractivity contribution < 1.29 is 14.3 Å². The second-order valence-corrected chi connectivity index (χ2v) is 12.2. The maximum atomic E-state index is 11.9. The van der Waals surface area contributed by atoms with Gasteiger partial charge in [-0.3, -0.25) is 0 Å². The van der Waals surface area contributed by atoms with Crippen LogP contribution in [-0.2, 0) is 16.2 Å². The van der Waals surface area contributed by atoms with E-state index in [0.717, 1.165) is 23.6 Å². The number of carbonyl (C=O) groups excluding carboxylic acids is 1. The Labute approximate surface area is 133 Å². The van der Waals surface area contributed by atoms with Gasteiger partial charge in [0.15, 0.2) is 0 Å². The zero-order valence-corrected chi connectivity index (χ0v) is 14.7. The van der Waals surface area contributed by atoms with Crippen molar-refractivity contribution >= 4 is 38.3 Å². The van der Waals surface area contributed by atoms with E-state index in [1.165, 1.54) is 7.11 Å². The van der Waals surface area contributed by atoms with Gasteiger partial charge in [-0.25, -0.2) is 4.79 Å². The fraction of sp³-hybridized carbons (Fsp3) is 0.438. The number of esters is 1. The zero-order chi connectivity index (χ0) is 16.3. The molecule has 4 nitrogen and oxygen atoms in total. The van der Waals surface area contributed by atoms with Crippen LogP contribution in [-0.4, -0.2) is 40.2 Å². The number of nitrogens with zero attached hydrogens (tertiary/aromatic N) is 1. The molecule has 0 amide bonds. The van der Waals surface area contributed by atoms with Gasteiger partial charge in [-0.05, 0) is 23.6 Å². The summed E-state index contributed by atoms with van der Waals surface area (Å²) in [5.41, 5.74) is 1.91. The molecule has 0 unspecified atom stereocenters. The van der Waals surface area contributed by atoms with Gasteiger partial charge in [0, 0.05) is 20.9 Å². The average Bonchev–Trinajstić information content (AvgIpc) is 2.87. The molecule has 0 aliphatic rings. The maximum absolute atomic E-state index is 11.9. The molecule has 22 heavy (non-hydrogen) atoms. The molecular formula is C16H22BNO3Si. The van der Waals surface area contributed by atoms with Crippen molar-refractivity contribution in [3.63, 3.8) is 0 Å². The Morgan fingerprint density at radius 2 is 2.00 bits per heavy atom. The lowest BCUT2D eigenvalue weighted by atomic mass is 9.91. The van der Waals surface area contributed by atoms with Crippen LogP contribution in [0.5, 0.6) is 0 Å². The summed E-state index contributed by atoms with van der Waals surface area (Å²) in [6.45, 7) is 8.08. The first kappa shape index (κ1) is 16.8. The van der Waals surface area contributed by atoms with Crippen LogP contribution in [0.1, 0.15) is 10.4 Å². The molecule has 0 aliphatic carbocycles. The van der Waals surface area contributed by atoms with E-state index in [0.29, 0.717) is 17.8 Å². The molecule has 0 saturated heterocycles. The molecule has 2 aromatic rings. The summed E-state index contributed by atoms with van der Waals surface area (Å²) in [6.07, 6.45) is 1.89. The Morgan fingerprint density at radius 1 is 1.27 bits per heavy atom. The highest BCUT2D eigenvalue weighted by molar-refractivity contribution is 6.76. The van der Waals surface area contributed by atoms with Crippen molar-refractivity contribution in [2.24, 2.45) is 0 Å². The molecule has 2 radical (unpaired) electrons. The number of hydrogen-bond donors (Lipinski definition) is 0. The first-order chi connectivity index (χ1) is 10.3. The third-order valence-electron chi connectivity index (χ3n) is 3.59. The number of rotatable bonds is 6. The standard InChI is InChI=1S/C16H22BNO3Si/c1-20-16(19)13-5-6-14(17)12-7-8-18(15(12)13)11-21-9-10-22(2,3)4/h5-8H,9-11H2,1-4H3. The van der Waals surface area contributed by atoms with Crippen molar-refractivity contribution in [3.05, 3.63) is 30.0 Å². The van der Waals surface area contributed by atoms with Crippen molar-refractivity contribution in [2.45, 2.75) is 32.4 Å². The maximum Gasteiger partial charge on any atom is 0.340 e. The summed E-state index contributed by atoms with van der Waals surface area (Å²) < 4.78 is 12.5. The minimum Gasteiger partial charge on any atom is -0.465 e. The second kappa shape index (κ2) is 6.71. The SMILES string of the molecule is [B]c1ccc(C(=O)OC)c2c1ccn2COCC[Si](C)(C)C. The predicted molar refractivity (Wildman–Crippen MR) is 92.8 cm³/mol. The Morgan fingerprint density at radius 3 is 2.64 bits per heavy atom. The van der Waals surface area contributed by atoms with E-state index < -0.39 is 8.07 Å². The smallest absolute Gasteiger partial charge is 0.340 e. The third kappa shape index (κ3) is 3.81. The minimum atomic E-state index is -1.10. The Bertz CT molecular complexity index is 676. The fourth-order valence-electron chi connectivity index (χ4n) is 2.27. The van der Waals surface area contributed by atoms with Crippen LogP contribution < -0.4 is 5.46 Å². The molecule has 116 valence electrons. The molecule has 2 rings (SSSR count). The largest absolute Gasteiger partial charge is 0.465 e. The van der Waals surface area contributed by atoms with Gasteiger partial charge in [-0.1, -0.05) is 31.2 Å². The van der Waals surface area contributed by atoms with E-state index in [1.54, 1.807) is 12.1 Å². The number of fused-ring (bicyclic) bond motifs is 1. The average molecular weight is 315 g/mol. The third-order valence-corrected chi connectivity index (χ3v) is 5.30. The van der Waals surface area contributed by atoms with Crippen molar-refractivity contribution in [1.82, 2.24) is 4.57 Å².